The van der Waals surface area contributed by atoms with Crippen LogP contribution in [0.25, 0.3) is 11.4 Å². The maximum atomic E-state index is 12.7. The molecule has 0 saturated carbocycles. The number of rotatable bonds is 8. The first-order chi connectivity index (χ1) is 14.0. The van der Waals surface area contributed by atoms with E-state index in [1.54, 1.807) is 13.2 Å². The Hall–Kier alpha value is -3.41. The van der Waals surface area contributed by atoms with E-state index in [0.29, 0.717) is 29.8 Å². The fourth-order valence-corrected chi connectivity index (χ4v) is 2.73. The number of amides is 1. The second-order valence-electron chi connectivity index (χ2n) is 7.12. The Morgan fingerprint density at radius 1 is 1.03 bits per heavy atom. The van der Waals surface area contributed by atoms with Crippen LogP contribution in [0, 0.1) is 5.92 Å². The van der Waals surface area contributed by atoms with E-state index in [-0.39, 0.29) is 5.91 Å². The Morgan fingerprint density at radius 2 is 1.76 bits per heavy atom. The van der Waals surface area contributed by atoms with Crippen LogP contribution in [0.2, 0.25) is 0 Å². The summed E-state index contributed by atoms with van der Waals surface area (Å²) in [5.74, 6) is 2.14. The van der Waals surface area contributed by atoms with E-state index in [0.717, 1.165) is 23.4 Å². The second kappa shape index (κ2) is 9.68. The Kier molecular flexibility index (Phi) is 6.79. The molecule has 0 aliphatic rings. The molecule has 6 nitrogen and oxygen atoms in total. The summed E-state index contributed by atoms with van der Waals surface area (Å²) in [7, 11) is 1.63. The van der Waals surface area contributed by atoms with Crippen molar-refractivity contribution in [2.45, 2.75) is 20.3 Å². The average molecular weight is 390 g/mol. The lowest BCUT2D eigenvalue weighted by atomic mass is 10.1. The van der Waals surface area contributed by atoms with Crippen LogP contribution >= 0.6 is 0 Å². The molecule has 2 aromatic carbocycles. The summed E-state index contributed by atoms with van der Waals surface area (Å²) < 4.78 is 5.19. The number of benzene rings is 2. The van der Waals surface area contributed by atoms with E-state index >= 15 is 0 Å². The summed E-state index contributed by atoms with van der Waals surface area (Å²) >= 11 is 0. The molecule has 1 heterocycles. The molecule has 1 aromatic heterocycles. The highest BCUT2D eigenvalue weighted by Gasteiger charge is 2.13. The van der Waals surface area contributed by atoms with Crippen molar-refractivity contribution in [1.82, 2.24) is 15.3 Å². The number of aromatic nitrogens is 2. The molecule has 0 bridgehead atoms. The van der Waals surface area contributed by atoms with Gasteiger partial charge < -0.3 is 15.4 Å². The van der Waals surface area contributed by atoms with Gasteiger partial charge in [0.1, 0.15) is 17.3 Å². The third-order valence-corrected chi connectivity index (χ3v) is 4.36. The number of hydrogen-bond acceptors (Lipinski definition) is 5. The third kappa shape index (κ3) is 5.78. The van der Waals surface area contributed by atoms with Crippen molar-refractivity contribution < 1.29 is 9.53 Å². The van der Waals surface area contributed by atoms with Gasteiger partial charge in [-0.1, -0.05) is 44.2 Å². The quantitative estimate of drug-likeness (QED) is 0.584. The molecule has 0 saturated heterocycles. The van der Waals surface area contributed by atoms with Gasteiger partial charge in [0.25, 0.3) is 5.91 Å². The van der Waals surface area contributed by atoms with Crippen molar-refractivity contribution >= 4 is 17.4 Å². The summed E-state index contributed by atoms with van der Waals surface area (Å²) in [5, 5.41) is 6.19. The van der Waals surface area contributed by atoms with Gasteiger partial charge in [-0.15, -0.1) is 0 Å². The van der Waals surface area contributed by atoms with Crippen molar-refractivity contribution in [2.75, 3.05) is 19.0 Å². The lowest BCUT2D eigenvalue weighted by Gasteiger charge is -2.11. The molecule has 150 valence electrons. The van der Waals surface area contributed by atoms with Crippen LogP contribution in [-0.4, -0.2) is 29.5 Å². The van der Waals surface area contributed by atoms with E-state index in [4.69, 9.17) is 4.74 Å². The van der Waals surface area contributed by atoms with Crippen LogP contribution in [0.5, 0.6) is 5.75 Å². The van der Waals surface area contributed by atoms with Gasteiger partial charge in [-0.05, 0) is 36.6 Å². The second-order valence-corrected chi connectivity index (χ2v) is 7.12. The van der Waals surface area contributed by atoms with Crippen molar-refractivity contribution in [3.05, 3.63) is 66.4 Å². The number of carbonyl (C=O) groups excluding carboxylic acids is 1. The number of anilines is 2. The molecule has 0 atom stereocenters. The first-order valence-electron chi connectivity index (χ1n) is 9.69. The Bertz CT molecular complexity index is 941. The van der Waals surface area contributed by atoms with Gasteiger partial charge in [-0.2, -0.15) is 0 Å². The molecule has 0 aliphatic heterocycles. The fourth-order valence-electron chi connectivity index (χ4n) is 2.73. The Labute approximate surface area is 171 Å². The number of ether oxygens (including phenoxy) is 1. The summed E-state index contributed by atoms with van der Waals surface area (Å²) in [6.45, 7) is 4.87. The van der Waals surface area contributed by atoms with Gasteiger partial charge in [0, 0.05) is 23.9 Å². The smallest absolute Gasteiger partial charge is 0.270 e. The van der Waals surface area contributed by atoms with Gasteiger partial charge >= 0.3 is 0 Å². The molecule has 2 N–H and O–H groups in total. The zero-order valence-corrected chi connectivity index (χ0v) is 17.0. The average Bonchev–Trinajstić information content (AvgIpc) is 2.74. The standard InChI is InChI=1S/C23H26N4O2/c1-16(2)13-14-24-23(28)20-15-21(25-18-9-11-19(29-3)12-10-18)27-22(26-20)17-7-5-4-6-8-17/h4-12,15-16H,13-14H2,1-3H3,(H,24,28)(H,25,26,27). The molecular formula is C23H26N4O2. The van der Waals surface area contributed by atoms with Crippen LogP contribution < -0.4 is 15.4 Å². The lowest BCUT2D eigenvalue weighted by molar-refractivity contribution is 0.0947. The van der Waals surface area contributed by atoms with Gasteiger partial charge in [-0.3, -0.25) is 4.79 Å². The topological polar surface area (TPSA) is 76.1 Å². The number of hydrogen-bond donors (Lipinski definition) is 2. The van der Waals surface area contributed by atoms with Gasteiger partial charge in [0.15, 0.2) is 5.82 Å². The summed E-state index contributed by atoms with van der Waals surface area (Å²) in [6, 6.07) is 18.8. The van der Waals surface area contributed by atoms with Gasteiger partial charge in [0.05, 0.1) is 7.11 Å². The molecule has 29 heavy (non-hydrogen) atoms. The minimum atomic E-state index is -0.206. The van der Waals surface area contributed by atoms with Crippen LogP contribution in [0.4, 0.5) is 11.5 Å². The van der Waals surface area contributed by atoms with E-state index in [1.807, 2.05) is 54.6 Å². The summed E-state index contributed by atoms with van der Waals surface area (Å²) in [6.07, 6.45) is 0.916. The molecule has 0 radical (unpaired) electrons. The zero-order chi connectivity index (χ0) is 20.6. The minimum absolute atomic E-state index is 0.206. The Balaban J connectivity index is 1.88. The van der Waals surface area contributed by atoms with Crippen LogP contribution in [-0.2, 0) is 0 Å². The monoisotopic (exact) mass is 390 g/mol. The summed E-state index contributed by atoms with van der Waals surface area (Å²) in [5.41, 5.74) is 2.02. The van der Waals surface area contributed by atoms with Crippen LogP contribution in [0.3, 0.4) is 0 Å². The van der Waals surface area contributed by atoms with Crippen LogP contribution in [0.15, 0.2) is 60.7 Å². The first-order valence-corrected chi connectivity index (χ1v) is 9.69. The highest BCUT2D eigenvalue weighted by atomic mass is 16.5. The number of carbonyl (C=O) groups is 1. The first kappa shape index (κ1) is 20.3. The SMILES string of the molecule is COc1ccc(Nc2cc(C(=O)NCCC(C)C)nc(-c3ccccc3)n2)cc1. The van der Waals surface area contributed by atoms with E-state index in [2.05, 4.69) is 34.4 Å². The van der Waals surface area contributed by atoms with Crippen molar-refractivity contribution in [3.8, 4) is 17.1 Å². The highest BCUT2D eigenvalue weighted by Crippen LogP contribution is 2.22. The molecule has 6 heteroatoms. The number of nitrogens with one attached hydrogen (secondary N) is 2. The molecular weight excluding hydrogens is 364 g/mol. The predicted octanol–water partition coefficient (Wildman–Crippen LogP) is 4.67. The summed E-state index contributed by atoms with van der Waals surface area (Å²) in [4.78, 5) is 21.7. The molecule has 3 aromatic rings. The zero-order valence-electron chi connectivity index (χ0n) is 17.0. The van der Waals surface area contributed by atoms with Crippen LogP contribution in [0.1, 0.15) is 30.8 Å². The van der Waals surface area contributed by atoms with Crippen molar-refractivity contribution in [1.29, 1.82) is 0 Å². The maximum Gasteiger partial charge on any atom is 0.270 e. The normalized spacial score (nSPS) is 10.6. The van der Waals surface area contributed by atoms with E-state index < -0.39 is 0 Å². The Morgan fingerprint density at radius 3 is 2.41 bits per heavy atom. The third-order valence-electron chi connectivity index (χ3n) is 4.36. The molecule has 0 fully saturated rings. The molecule has 0 unspecified atom stereocenters. The highest BCUT2D eigenvalue weighted by molar-refractivity contribution is 5.93. The van der Waals surface area contributed by atoms with E-state index in [9.17, 15) is 4.79 Å². The van der Waals surface area contributed by atoms with Gasteiger partial charge in [0.2, 0.25) is 0 Å². The molecule has 1 amide bonds. The maximum absolute atomic E-state index is 12.7. The molecule has 0 spiro atoms. The molecule has 3 rings (SSSR count). The largest absolute Gasteiger partial charge is 0.497 e. The number of methoxy groups -OCH3 is 1. The lowest BCUT2D eigenvalue weighted by Crippen LogP contribution is -2.26. The van der Waals surface area contributed by atoms with Crippen molar-refractivity contribution in [3.63, 3.8) is 0 Å². The van der Waals surface area contributed by atoms with E-state index in [1.165, 1.54) is 0 Å². The predicted molar refractivity (Wildman–Crippen MR) is 116 cm³/mol. The van der Waals surface area contributed by atoms with Gasteiger partial charge in [-0.25, -0.2) is 9.97 Å². The van der Waals surface area contributed by atoms with Crippen molar-refractivity contribution in [2.24, 2.45) is 5.92 Å². The molecule has 0 aliphatic carbocycles. The fraction of sp³-hybridized carbons (Fsp3) is 0.261. The minimum Gasteiger partial charge on any atom is -0.497 e. The number of nitrogens with zero attached hydrogens (tertiary/aromatic N) is 2.